The van der Waals surface area contributed by atoms with Crippen molar-refractivity contribution in [2.24, 2.45) is 5.11 Å². The van der Waals surface area contributed by atoms with Crippen LogP contribution in [0.2, 0.25) is 0 Å². The first-order valence-electron chi connectivity index (χ1n) is 6.88. The Labute approximate surface area is 130 Å². The SMILES string of the molecule is Cc1cn(-c2ccc(N3C[C@H](CN=[N+]=[N-])OC3=O)cc2F)cn1. The first-order valence-corrected chi connectivity index (χ1v) is 6.88. The van der Waals surface area contributed by atoms with E-state index in [1.165, 1.54) is 17.3 Å². The van der Waals surface area contributed by atoms with E-state index in [2.05, 4.69) is 15.0 Å². The molecule has 1 aliphatic rings. The number of benzene rings is 1. The van der Waals surface area contributed by atoms with Crippen molar-refractivity contribution < 1.29 is 13.9 Å². The molecule has 0 spiro atoms. The molecular weight excluding hydrogens is 303 g/mol. The molecule has 2 aromatic rings. The van der Waals surface area contributed by atoms with Gasteiger partial charge in [-0.15, -0.1) is 0 Å². The Morgan fingerprint density at radius 2 is 2.39 bits per heavy atom. The number of carbonyl (C=O) groups is 1. The number of aryl methyl sites for hydroxylation is 1. The molecular formula is C14H13FN6O2. The lowest BCUT2D eigenvalue weighted by Crippen LogP contribution is -2.25. The molecule has 0 radical (unpaired) electrons. The number of ether oxygens (including phenoxy) is 1. The largest absolute Gasteiger partial charge is 0.444 e. The van der Waals surface area contributed by atoms with Crippen LogP contribution in [0.4, 0.5) is 14.9 Å². The molecule has 0 unspecified atom stereocenters. The molecule has 0 N–H and O–H groups in total. The highest BCUT2D eigenvalue weighted by atomic mass is 19.1. The summed E-state index contributed by atoms with van der Waals surface area (Å²) in [6.07, 6.45) is 2.11. The fraction of sp³-hybridized carbons (Fsp3) is 0.286. The lowest BCUT2D eigenvalue weighted by Gasteiger charge is -2.14. The summed E-state index contributed by atoms with van der Waals surface area (Å²) in [4.78, 5) is 19.8. The number of azide groups is 1. The highest BCUT2D eigenvalue weighted by Gasteiger charge is 2.32. The summed E-state index contributed by atoms with van der Waals surface area (Å²) in [5.74, 6) is -0.480. The molecule has 118 valence electrons. The predicted molar refractivity (Wildman–Crippen MR) is 79.9 cm³/mol. The summed E-state index contributed by atoms with van der Waals surface area (Å²) in [7, 11) is 0. The molecule has 0 bridgehead atoms. The first kappa shape index (κ1) is 14.9. The number of anilines is 1. The van der Waals surface area contributed by atoms with Gasteiger partial charge in [0.25, 0.3) is 0 Å². The summed E-state index contributed by atoms with van der Waals surface area (Å²) in [6, 6.07) is 4.46. The van der Waals surface area contributed by atoms with Crippen molar-refractivity contribution in [2.75, 3.05) is 18.0 Å². The van der Waals surface area contributed by atoms with Gasteiger partial charge in [0.15, 0.2) is 0 Å². The van der Waals surface area contributed by atoms with Gasteiger partial charge in [-0.1, -0.05) is 5.11 Å². The van der Waals surface area contributed by atoms with Crippen molar-refractivity contribution in [1.82, 2.24) is 9.55 Å². The third-order valence-electron chi connectivity index (χ3n) is 3.46. The molecule has 8 nitrogen and oxygen atoms in total. The topological polar surface area (TPSA) is 96.1 Å². The Hall–Kier alpha value is -3.06. The van der Waals surface area contributed by atoms with Crippen LogP contribution in [-0.4, -0.2) is 34.8 Å². The van der Waals surface area contributed by atoms with E-state index in [9.17, 15) is 9.18 Å². The Kier molecular flexibility index (Phi) is 3.86. The van der Waals surface area contributed by atoms with Crippen LogP contribution >= 0.6 is 0 Å². The number of imidazole rings is 1. The fourth-order valence-electron chi connectivity index (χ4n) is 2.38. The maximum Gasteiger partial charge on any atom is 0.414 e. The van der Waals surface area contributed by atoms with Crippen LogP contribution in [0.25, 0.3) is 16.1 Å². The number of rotatable bonds is 4. The number of hydrogen-bond donors (Lipinski definition) is 0. The van der Waals surface area contributed by atoms with Gasteiger partial charge in [-0.25, -0.2) is 14.2 Å². The average molecular weight is 316 g/mol. The van der Waals surface area contributed by atoms with Crippen molar-refractivity contribution in [3.63, 3.8) is 0 Å². The maximum atomic E-state index is 14.3. The lowest BCUT2D eigenvalue weighted by atomic mass is 10.2. The smallest absolute Gasteiger partial charge is 0.414 e. The van der Waals surface area contributed by atoms with Crippen molar-refractivity contribution in [3.05, 3.63) is 52.7 Å². The zero-order chi connectivity index (χ0) is 16.4. The lowest BCUT2D eigenvalue weighted by molar-refractivity contribution is 0.145. The number of hydrogen-bond acceptors (Lipinski definition) is 4. The fourth-order valence-corrected chi connectivity index (χ4v) is 2.38. The van der Waals surface area contributed by atoms with Crippen LogP contribution < -0.4 is 4.90 Å². The molecule has 3 rings (SSSR count). The number of carbonyl (C=O) groups excluding carboxylic acids is 1. The van der Waals surface area contributed by atoms with E-state index in [0.717, 1.165) is 5.69 Å². The van der Waals surface area contributed by atoms with Gasteiger partial charge in [-0.2, -0.15) is 0 Å². The monoisotopic (exact) mass is 316 g/mol. The summed E-state index contributed by atoms with van der Waals surface area (Å²) in [5, 5.41) is 3.38. The normalized spacial score (nSPS) is 17.0. The summed E-state index contributed by atoms with van der Waals surface area (Å²) in [5.41, 5.74) is 9.80. The van der Waals surface area contributed by atoms with Gasteiger partial charge in [0.1, 0.15) is 11.9 Å². The Balaban J connectivity index is 1.83. The van der Waals surface area contributed by atoms with E-state index in [1.54, 1.807) is 22.9 Å². The van der Waals surface area contributed by atoms with Gasteiger partial charge >= 0.3 is 6.09 Å². The zero-order valence-electron chi connectivity index (χ0n) is 12.3. The van der Waals surface area contributed by atoms with Crippen LogP contribution in [-0.2, 0) is 4.74 Å². The van der Waals surface area contributed by atoms with Crippen LogP contribution in [0, 0.1) is 12.7 Å². The predicted octanol–water partition coefficient (Wildman–Crippen LogP) is 2.96. The highest BCUT2D eigenvalue weighted by Crippen LogP contribution is 2.25. The molecule has 1 aliphatic heterocycles. The van der Waals surface area contributed by atoms with Gasteiger partial charge in [-0.3, -0.25) is 4.90 Å². The first-order chi connectivity index (χ1) is 11.1. The number of aromatic nitrogens is 2. The van der Waals surface area contributed by atoms with Gasteiger partial charge in [0, 0.05) is 11.1 Å². The third kappa shape index (κ3) is 2.95. The molecule has 9 heteroatoms. The quantitative estimate of drug-likeness (QED) is 0.493. The second kappa shape index (κ2) is 5.98. The molecule has 1 aromatic carbocycles. The molecule has 0 aliphatic carbocycles. The highest BCUT2D eigenvalue weighted by molar-refractivity contribution is 5.89. The third-order valence-corrected chi connectivity index (χ3v) is 3.46. The van der Waals surface area contributed by atoms with Crippen LogP contribution in [0.15, 0.2) is 35.8 Å². The van der Waals surface area contributed by atoms with Crippen molar-refractivity contribution in [1.29, 1.82) is 0 Å². The number of nitrogens with zero attached hydrogens (tertiary/aromatic N) is 6. The van der Waals surface area contributed by atoms with Crippen molar-refractivity contribution in [2.45, 2.75) is 13.0 Å². The molecule has 1 atom stereocenters. The second-order valence-electron chi connectivity index (χ2n) is 5.09. The van der Waals surface area contributed by atoms with Gasteiger partial charge in [0.05, 0.1) is 36.5 Å². The number of amides is 1. The summed E-state index contributed by atoms with van der Waals surface area (Å²) < 4.78 is 21.0. The number of cyclic esters (lactones) is 1. The van der Waals surface area contributed by atoms with Gasteiger partial charge < -0.3 is 9.30 Å². The van der Waals surface area contributed by atoms with E-state index in [-0.39, 0.29) is 13.1 Å². The molecule has 23 heavy (non-hydrogen) atoms. The average Bonchev–Trinajstić information content (AvgIpc) is 3.11. The van der Waals surface area contributed by atoms with Crippen LogP contribution in [0.3, 0.4) is 0 Å². The van der Waals surface area contributed by atoms with E-state index in [0.29, 0.717) is 11.4 Å². The summed E-state index contributed by atoms with van der Waals surface area (Å²) >= 11 is 0. The van der Waals surface area contributed by atoms with Crippen LogP contribution in [0.5, 0.6) is 0 Å². The zero-order valence-corrected chi connectivity index (χ0v) is 12.3. The van der Waals surface area contributed by atoms with Crippen molar-refractivity contribution >= 4 is 11.8 Å². The Morgan fingerprint density at radius 1 is 1.57 bits per heavy atom. The van der Waals surface area contributed by atoms with E-state index < -0.39 is 18.0 Å². The molecule has 1 aromatic heterocycles. The molecule has 1 saturated heterocycles. The maximum absolute atomic E-state index is 14.3. The van der Waals surface area contributed by atoms with Crippen LogP contribution in [0.1, 0.15) is 5.69 Å². The minimum atomic E-state index is -0.589. The molecule has 1 amide bonds. The second-order valence-corrected chi connectivity index (χ2v) is 5.09. The van der Waals surface area contributed by atoms with Gasteiger partial charge in [0.2, 0.25) is 0 Å². The van der Waals surface area contributed by atoms with Crippen molar-refractivity contribution in [3.8, 4) is 5.69 Å². The minimum absolute atomic E-state index is 0.0492. The summed E-state index contributed by atoms with van der Waals surface area (Å²) in [6.45, 7) is 2.07. The Bertz CT molecular complexity index is 798. The van der Waals surface area contributed by atoms with E-state index in [1.807, 2.05) is 6.92 Å². The minimum Gasteiger partial charge on any atom is -0.444 e. The molecule has 0 saturated carbocycles. The van der Waals surface area contributed by atoms with E-state index in [4.69, 9.17) is 10.3 Å². The molecule has 2 heterocycles. The standard InChI is InChI=1S/C14H13FN6O2/c1-9-6-20(8-17-9)13-3-2-10(4-12(13)15)21-7-11(5-18-19-16)23-14(21)22/h2-4,6,8,11H,5,7H2,1H3/t11-/m0/s1. The molecule has 1 fully saturated rings. The van der Waals surface area contributed by atoms with E-state index >= 15 is 0 Å². The number of halogens is 1. The Morgan fingerprint density at radius 3 is 3.04 bits per heavy atom. The van der Waals surface area contributed by atoms with Gasteiger partial charge in [-0.05, 0) is 30.7 Å².